The number of ether oxygens (including phenoxy) is 1. The molecule has 2 aromatic rings. The first-order valence-corrected chi connectivity index (χ1v) is 9.87. The highest BCUT2D eigenvalue weighted by molar-refractivity contribution is 7.89. The van der Waals surface area contributed by atoms with E-state index in [1.807, 2.05) is 24.3 Å². The van der Waals surface area contributed by atoms with Crippen LogP contribution >= 0.6 is 0 Å². The van der Waals surface area contributed by atoms with Gasteiger partial charge in [0.05, 0.1) is 24.1 Å². The maximum Gasteiger partial charge on any atom is 0.240 e. The third-order valence-corrected chi connectivity index (χ3v) is 5.50. The van der Waals surface area contributed by atoms with Crippen LogP contribution in [0.15, 0.2) is 64.5 Å². The number of benzene rings is 2. The Morgan fingerprint density at radius 3 is 2.69 bits per heavy atom. The summed E-state index contributed by atoms with van der Waals surface area (Å²) < 4.78 is 32.3. The van der Waals surface area contributed by atoms with E-state index in [2.05, 4.69) is 15.0 Å². The molecule has 0 saturated heterocycles. The maximum absolute atomic E-state index is 12.1. The SMILES string of the molecule is NC(=NCCNS(=O)(=O)c1ccccc1)NC1CCOc2ccccc21. The zero-order valence-electron chi connectivity index (χ0n) is 14.3. The lowest BCUT2D eigenvalue weighted by molar-refractivity contribution is 0.262. The normalized spacial score (nSPS) is 17.2. The Bertz CT molecular complexity index is 869. The molecule has 4 N–H and O–H groups in total. The van der Waals surface area contributed by atoms with Crippen molar-refractivity contribution in [2.24, 2.45) is 10.7 Å². The van der Waals surface area contributed by atoms with Crippen molar-refractivity contribution in [2.45, 2.75) is 17.4 Å². The highest BCUT2D eigenvalue weighted by Crippen LogP contribution is 2.31. The molecule has 0 aromatic heterocycles. The molecule has 1 aliphatic rings. The van der Waals surface area contributed by atoms with E-state index in [4.69, 9.17) is 10.5 Å². The molecule has 0 amide bonds. The summed E-state index contributed by atoms with van der Waals surface area (Å²) in [7, 11) is -3.52. The zero-order valence-corrected chi connectivity index (χ0v) is 15.1. The molecule has 1 unspecified atom stereocenters. The van der Waals surface area contributed by atoms with Gasteiger partial charge in [-0.25, -0.2) is 13.1 Å². The van der Waals surface area contributed by atoms with E-state index in [0.29, 0.717) is 6.61 Å². The van der Waals surface area contributed by atoms with Crippen LogP contribution in [0.5, 0.6) is 5.75 Å². The standard InChI is InChI=1S/C18H22N4O3S/c19-18(22-16-10-13-25-17-9-5-4-8-15(16)17)20-11-12-21-26(23,24)14-6-2-1-3-7-14/h1-9,16,21H,10-13H2,(H3,19,20,22). The highest BCUT2D eigenvalue weighted by Gasteiger charge is 2.21. The van der Waals surface area contributed by atoms with Gasteiger partial charge in [0.25, 0.3) is 0 Å². The molecule has 8 heteroatoms. The van der Waals surface area contributed by atoms with Crippen LogP contribution in [0.2, 0.25) is 0 Å². The van der Waals surface area contributed by atoms with Crippen molar-refractivity contribution in [1.29, 1.82) is 0 Å². The van der Waals surface area contributed by atoms with Gasteiger partial charge in [-0.15, -0.1) is 0 Å². The monoisotopic (exact) mass is 374 g/mol. The van der Waals surface area contributed by atoms with Gasteiger partial charge in [-0.2, -0.15) is 0 Å². The average molecular weight is 374 g/mol. The molecule has 0 radical (unpaired) electrons. The van der Waals surface area contributed by atoms with Gasteiger partial charge in [0.2, 0.25) is 10.0 Å². The second-order valence-corrected chi connectivity index (χ2v) is 7.62. The summed E-state index contributed by atoms with van der Waals surface area (Å²) in [5.74, 6) is 1.13. The summed E-state index contributed by atoms with van der Waals surface area (Å²) in [5.41, 5.74) is 6.99. The van der Waals surface area contributed by atoms with Gasteiger partial charge in [-0.3, -0.25) is 4.99 Å². The largest absolute Gasteiger partial charge is 0.493 e. The topological polar surface area (TPSA) is 106 Å². The minimum absolute atomic E-state index is 0.0321. The zero-order chi connectivity index (χ0) is 18.4. The maximum atomic E-state index is 12.1. The van der Waals surface area contributed by atoms with E-state index in [-0.39, 0.29) is 30.0 Å². The first-order chi connectivity index (χ1) is 12.6. The number of nitrogens with one attached hydrogen (secondary N) is 2. The summed E-state index contributed by atoms with van der Waals surface area (Å²) in [5, 5.41) is 3.17. The fourth-order valence-electron chi connectivity index (χ4n) is 2.76. The van der Waals surface area contributed by atoms with Crippen molar-refractivity contribution < 1.29 is 13.2 Å². The number of nitrogens with two attached hydrogens (primary N) is 1. The van der Waals surface area contributed by atoms with Gasteiger partial charge in [-0.1, -0.05) is 36.4 Å². The van der Waals surface area contributed by atoms with Crippen LogP contribution in [0, 0.1) is 0 Å². The number of hydrogen-bond acceptors (Lipinski definition) is 4. The molecule has 0 spiro atoms. The third kappa shape index (κ3) is 4.53. The molecular formula is C18H22N4O3S. The number of fused-ring (bicyclic) bond motifs is 1. The Hall–Kier alpha value is -2.58. The first-order valence-electron chi connectivity index (χ1n) is 8.39. The van der Waals surface area contributed by atoms with Gasteiger partial charge in [0.1, 0.15) is 5.75 Å². The number of guanidine groups is 1. The predicted molar refractivity (Wildman–Crippen MR) is 101 cm³/mol. The third-order valence-electron chi connectivity index (χ3n) is 4.02. The summed E-state index contributed by atoms with van der Waals surface area (Å²) in [6.07, 6.45) is 0.786. The van der Waals surface area contributed by atoms with Gasteiger partial charge in [0.15, 0.2) is 5.96 Å². The van der Waals surface area contributed by atoms with Crippen molar-refractivity contribution in [2.75, 3.05) is 19.7 Å². The molecule has 0 bridgehead atoms. The first kappa shape index (κ1) is 18.2. The fourth-order valence-corrected chi connectivity index (χ4v) is 3.80. The Balaban J connectivity index is 1.52. The number of sulfonamides is 1. The van der Waals surface area contributed by atoms with Crippen molar-refractivity contribution in [3.8, 4) is 5.75 Å². The number of para-hydroxylation sites is 1. The van der Waals surface area contributed by atoms with E-state index >= 15 is 0 Å². The number of aliphatic imine (C=N–C) groups is 1. The Kier molecular flexibility index (Phi) is 5.75. The molecule has 3 rings (SSSR count). The Morgan fingerprint density at radius 2 is 1.88 bits per heavy atom. The number of hydrogen-bond donors (Lipinski definition) is 3. The second-order valence-electron chi connectivity index (χ2n) is 5.85. The van der Waals surface area contributed by atoms with E-state index < -0.39 is 10.0 Å². The molecule has 0 aliphatic carbocycles. The van der Waals surface area contributed by atoms with Crippen LogP contribution in [-0.4, -0.2) is 34.1 Å². The average Bonchev–Trinajstić information content (AvgIpc) is 2.66. The second kappa shape index (κ2) is 8.20. The van der Waals surface area contributed by atoms with Crippen LogP contribution in [0.1, 0.15) is 18.0 Å². The molecule has 0 fully saturated rings. The van der Waals surface area contributed by atoms with Crippen molar-refractivity contribution in [3.63, 3.8) is 0 Å². The minimum atomic E-state index is -3.52. The van der Waals surface area contributed by atoms with Gasteiger partial charge in [-0.05, 0) is 18.2 Å². The van der Waals surface area contributed by atoms with Crippen LogP contribution < -0.4 is 20.5 Å². The lowest BCUT2D eigenvalue weighted by Crippen LogP contribution is -2.38. The highest BCUT2D eigenvalue weighted by atomic mass is 32.2. The van der Waals surface area contributed by atoms with Gasteiger partial charge in [0, 0.05) is 18.5 Å². The lowest BCUT2D eigenvalue weighted by atomic mass is 10.0. The van der Waals surface area contributed by atoms with Crippen LogP contribution in [0.3, 0.4) is 0 Å². The minimum Gasteiger partial charge on any atom is -0.493 e. The van der Waals surface area contributed by atoms with Crippen molar-refractivity contribution >= 4 is 16.0 Å². The Morgan fingerprint density at radius 1 is 1.15 bits per heavy atom. The van der Waals surface area contributed by atoms with Gasteiger partial charge >= 0.3 is 0 Å². The van der Waals surface area contributed by atoms with Crippen LogP contribution in [-0.2, 0) is 10.0 Å². The lowest BCUT2D eigenvalue weighted by Gasteiger charge is -2.26. The van der Waals surface area contributed by atoms with Gasteiger partial charge < -0.3 is 15.8 Å². The predicted octanol–water partition coefficient (Wildman–Crippen LogP) is 1.39. The van der Waals surface area contributed by atoms with Crippen molar-refractivity contribution in [1.82, 2.24) is 10.0 Å². The summed E-state index contributed by atoms with van der Waals surface area (Å²) in [6, 6.07) is 16.1. The Labute approximate surface area is 153 Å². The molecule has 26 heavy (non-hydrogen) atoms. The smallest absolute Gasteiger partial charge is 0.240 e. The van der Waals surface area contributed by atoms with Crippen LogP contribution in [0.25, 0.3) is 0 Å². The molecule has 2 aromatic carbocycles. The quantitative estimate of drug-likeness (QED) is 0.403. The fraction of sp³-hybridized carbons (Fsp3) is 0.278. The van der Waals surface area contributed by atoms with E-state index in [1.165, 1.54) is 0 Å². The van der Waals surface area contributed by atoms with Crippen LogP contribution in [0.4, 0.5) is 0 Å². The molecule has 1 heterocycles. The molecular weight excluding hydrogens is 352 g/mol. The summed E-state index contributed by atoms with van der Waals surface area (Å²) >= 11 is 0. The molecule has 1 atom stereocenters. The molecule has 0 saturated carbocycles. The molecule has 138 valence electrons. The summed E-state index contributed by atoms with van der Waals surface area (Å²) in [4.78, 5) is 4.43. The van der Waals surface area contributed by atoms with E-state index in [9.17, 15) is 8.42 Å². The molecule has 7 nitrogen and oxygen atoms in total. The number of rotatable bonds is 6. The van der Waals surface area contributed by atoms with E-state index in [1.54, 1.807) is 30.3 Å². The van der Waals surface area contributed by atoms with Crippen molar-refractivity contribution in [3.05, 3.63) is 60.2 Å². The summed E-state index contributed by atoms with van der Waals surface area (Å²) in [6.45, 7) is 1.03. The molecule has 1 aliphatic heterocycles. The number of nitrogens with zero attached hydrogens (tertiary/aromatic N) is 1. The van der Waals surface area contributed by atoms with E-state index in [0.717, 1.165) is 17.7 Å².